The lowest BCUT2D eigenvalue weighted by molar-refractivity contribution is 0.0849. The number of nitrogens with one attached hydrogen (secondary N) is 1. The number of hydrogen-bond donors (Lipinski definition) is 1. The zero-order valence-corrected chi connectivity index (χ0v) is 17.6. The maximum absolute atomic E-state index is 14.2. The number of rotatable bonds is 6. The minimum absolute atomic E-state index is 0.123. The second-order valence-electron chi connectivity index (χ2n) is 7.71. The fourth-order valence-electron chi connectivity index (χ4n) is 3.54. The maximum atomic E-state index is 14.2. The van der Waals surface area contributed by atoms with Crippen molar-refractivity contribution in [3.05, 3.63) is 92.0 Å². The number of aromatic nitrogens is 3. The number of ether oxygens (including phenoxy) is 1. The normalized spacial score (nSPS) is 15.6. The minimum Gasteiger partial charge on any atom is -0.376 e. The molecule has 1 unspecified atom stereocenters. The molecular weight excluding hydrogens is 415 g/mol. The zero-order valence-electron chi connectivity index (χ0n) is 17.6. The van der Waals surface area contributed by atoms with E-state index in [9.17, 15) is 18.8 Å². The third-order valence-corrected chi connectivity index (χ3v) is 5.35. The quantitative estimate of drug-likeness (QED) is 0.633. The van der Waals surface area contributed by atoms with E-state index in [1.807, 2.05) is 6.92 Å². The predicted octanol–water partition coefficient (Wildman–Crippen LogP) is 1.80. The smallest absolute Gasteiger partial charge is 0.352 e. The Kier molecular flexibility index (Phi) is 6.27. The van der Waals surface area contributed by atoms with Crippen molar-refractivity contribution in [2.75, 3.05) is 13.2 Å². The molecule has 3 aromatic rings. The first-order valence-corrected chi connectivity index (χ1v) is 10.4. The van der Waals surface area contributed by atoms with Gasteiger partial charge in [-0.15, -0.1) is 0 Å². The molecule has 8 nitrogen and oxygen atoms in total. The van der Waals surface area contributed by atoms with Gasteiger partial charge in [0.05, 0.1) is 18.3 Å². The van der Waals surface area contributed by atoms with Crippen molar-refractivity contribution in [2.45, 2.75) is 32.4 Å². The molecule has 0 bridgehead atoms. The third kappa shape index (κ3) is 4.52. The van der Waals surface area contributed by atoms with Crippen molar-refractivity contribution < 1.29 is 13.9 Å². The van der Waals surface area contributed by atoms with E-state index >= 15 is 0 Å². The molecule has 1 aromatic heterocycles. The summed E-state index contributed by atoms with van der Waals surface area (Å²) in [5.74, 6) is -1.27. The van der Waals surface area contributed by atoms with Gasteiger partial charge < -0.3 is 10.1 Å². The van der Waals surface area contributed by atoms with Gasteiger partial charge in [-0.05, 0) is 38.0 Å². The molecule has 2 heterocycles. The Balaban J connectivity index is 1.77. The van der Waals surface area contributed by atoms with Crippen LogP contribution in [0, 0.1) is 12.7 Å². The molecule has 1 aliphatic heterocycles. The van der Waals surface area contributed by atoms with E-state index in [0.29, 0.717) is 12.3 Å². The molecule has 0 spiro atoms. The second kappa shape index (κ2) is 9.27. The highest BCUT2D eigenvalue weighted by Gasteiger charge is 2.23. The summed E-state index contributed by atoms with van der Waals surface area (Å²) >= 11 is 0. The summed E-state index contributed by atoms with van der Waals surface area (Å²) in [6.07, 6.45) is 1.60. The highest BCUT2D eigenvalue weighted by Crippen LogP contribution is 2.11. The molecule has 1 fully saturated rings. The van der Waals surface area contributed by atoms with Crippen molar-refractivity contribution in [2.24, 2.45) is 0 Å². The van der Waals surface area contributed by atoms with Crippen molar-refractivity contribution in [1.29, 1.82) is 0 Å². The summed E-state index contributed by atoms with van der Waals surface area (Å²) in [7, 11) is 0. The lowest BCUT2D eigenvalue weighted by Gasteiger charge is -2.14. The Bertz CT molecular complexity index is 1240. The number of aryl methyl sites for hydroxylation is 1. The number of carbonyl (C=O) groups is 1. The third-order valence-electron chi connectivity index (χ3n) is 5.35. The molecule has 1 N–H and O–H groups in total. The number of hydrogen-bond acceptors (Lipinski definition) is 5. The summed E-state index contributed by atoms with van der Waals surface area (Å²) < 4.78 is 21.5. The van der Waals surface area contributed by atoms with Gasteiger partial charge in [0.2, 0.25) is 5.69 Å². The standard InChI is InChI=1S/C23H23FN4O4/c1-15-8-10-17(11-9-15)28-23(31)27(14-16-5-2-3-7-19(16)24)22(30)20(26-28)21(29)25-13-18-6-4-12-32-18/h2-3,5,7-11,18H,4,6,12-14H2,1H3,(H,25,29). The molecule has 32 heavy (non-hydrogen) atoms. The maximum Gasteiger partial charge on any atom is 0.352 e. The van der Waals surface area contributed by atoms with Crippen molar-refractivity contribution >= 4 is 5.91 Å². The van der Waals surface area contributed by atoms with Gasteiger partial charge in [-0.2, -0.15) is 9.78 Å². The summed E-state index contributed by atoms with van der Waals surface area (Å²) in [4.78, 5) is 39.0. The van der Waals surface area contributed by atoms with Gasteiger partial charge in [0.1, 0.15) is 5.82 Å². The molecule has 0 radical (unpaired) electrons. The molecule has 166 valence electrons. The Hall–Kier alpha value is -3.59. The van der Waals surface area contributed by atoms with Gasteiger partial charge in [0.25, 0.3) is 11.5 Å². The number of amides is 1. The summed E-state index contributed by atoms with van der Waals surface area (Å²) in [5, 5.41) is 6.73. The van der Waals surface area contributed by atoms with Crippen LogP contribution in [0.3, 0.4) is 0 Å². The van der Waals surface area contributed by atoms with E-state index in [-0.39, 0.29) is 24.8 Å². The largest absolute Gasteiger partial charge is 0.376 e. The van der Waals surface area contributed by atoms with E-state index in [1.54, 1.807) is 30.3 Å². The molecule has 0 aliphatic carbocycles. The van der Waals surface area contributed by atoms with Crippen LogP contribution in [0.4, 0.5) is 4.39 Å². The number of benzene rings is 2. The van der Waals surface area contributed by atoms with Gasteiger partial charge in [0, 0.05) is 18.7 Å². The molecule has 0 saturated carbocycles. The molecule has 4 rings (SSSR count). The number of carbonyl (C=O) groups excluding carboxylic acids is 1. The highest BCUT2D eigenvalue weighted by molar-refractivity contribution is 5.91. The Morgan fingerprint density at radius 3 is 2.62 bits per heavy atom. The average Bonchev–Trinajstić information content (AvgIpc) is 3.31. The molecule has 1 amide bonds. The molecule has 1 aliphatic rings. The minimum atomic E-state index is -0.883. The van der Waals surface area contributed by atoms with Crippen LogP contribution in [0.5, 0.6) is 0 Å². The van der Waals surface area contributed by atoms with Gasteiger partial charge in [-0.3, -0.25) is 14.2 Å². The first-order valence-electron chi connectivity index (χ1n) is 10.4. The van der Waals surface area contributed by atoms with Crippen LogP contribution in [-0.2, 0) is 11.3 Å². The van der Waals surface area contributed by atoms with Crippen molar-refractivity contribution in [1.82, 2.24) is 19.7 Å². The lowest BCUT2D eigenvalue weighted by atomic mass is 10.2. The molecule has 2 aromatic carbocycles. The van der Waals surface area contributed by atoms with Crippen LogP contribution in [-0.4, -0.2) is 39.5 Å². The average molecular weight is 438 g/mol. The van der Waals surface area contributed by atoms with Crippen LogP contribution in [0.2, 0.25) is 0 Å². The Morgan fingerprint density at radius 1 is 1.19 bits per heavy atom. The van der Waals surface area contributed by atoms with E-state index in [2.05, 4.69) is 10.4 Å². The van der Waals surface area contributed by atoms with Gasteiger partial charge >= 0.3 is 5.69 Å². The summed E-state index contributed by atoms with van der Waals surface area (Å²) in [5.41, 5.74) is -0.588. The van der Waals surface area contributed by atoms with Crippen molar-refractivity contribution in [3.63, 3.8) is 0 Å². The van der Waals surface area contributed by atoms with E-state index in [4.69, 9.17) is 4.74 Å². The molecule has 1 atom stereocenters. The second-order valence-corrected chi connectivity index (χ2v) is 7.71. The number of halogens is 1. The Morgan fingerprint density at radius 2 is 1.94 bits per heavy atom. The van der Waals surface area contributed by atoms with E-state index in [0.717, 1.165) is 27.7 Å². The topological polar surface area (TPSA) is 95.2 Å². The lowest BCUT2D eigenvalue weighted by Crippen LogP contribution is -2.46. The van der Waals surface area contributed by atoms with Crippen molar-refractivity contribution in [3.8, 4) is 5.69 Å². The van der Waals surface area contributed by atoms with Crippen LogP contribution in [0.1, 0.15) is 34.5 Å². The molecule has 1 saturated heterocycles. The van der Waals surface area contributed by atoms with Gasteiger partial charge in [-0.1, -0.05) is 35.9 Å². The van der Waals surface area contributed by atoms with Crippen LogP contribution < -0.4 is 16.6 Å². The summed E-state index contributed by atoms with van der Waals surface area (Å²) in [6, 6.07) is 12.7. The van der Waals surface area contributed by atoms with Gasteiger partial charge in [0.15, 0.2) is 0 Å². The fraction of sp³-hybridized carbons (Fsp3) is 0.304. The van der Waals surface area contributed by atoms with E-state index in [1.165, 1.54) is 18.2 Å². The highest BCUT2D eigenvalue weighted by atomic mass is 19.1. The molecular formula is C23H23FN4O4. The van der Waals surface area contributed by atoms with Gasteiger partial charge in [-0.25, -0.2) is 9.18 Å². The van der Waals surface area contributed by atoms with E-state index < -0.39 is 28.7 Å². The SMILES string of the molecule is Cc1ccc(-n2nc(C(=O)NCC3CCCO3)c(=O)n(Cc3ccccc3F)c2=O)cc1. The summed E-state index contributed by atoms with van der Waals surface area (Å²) in [6.45, 7) is 2.43. The van der Waals surface area contributed by atoms with Crippen LogP contribution in [0.15, 0.2) is 58.1 Å². The first-order chi connectivity index (χ1) is 15.4. The molecule has 9 heteroatoms. The zero-order chi connectivity index (χ0) is 22.7. The fourth-order valence-corrected chi connectivity index (χ4v) is 3.54. The monoisotopic (exact) mass is 438 g/mol. The predicted molar refractivity (Wildman–Crippen MR) is 116 cm³/mol. The number of nitrogens with zero attached hydrogens (tertiary/aromatic N) is 3. The van der Waals surface area contributed by atoms with Crippen LogP contribution in [0.25, 0.3) is 5.69 Å². The Labute approximate surface area is 183 Å². The first kappa shape index (κ1) is 21.6. The van der Waals surface area contributed by atoms with Crippen LogP contribution >= 0.6 is 0 Å².